The maximum absolute atomic E-state index is 13.0. The van der Waals surface area contributed by atoms with Crippen molar-refractivity contribution in [1.29, 1.82) is 0 Å². The fraction of sp³-hybridized carbons (Fsp3) is 0.455. The van der Waals surface area contributed by atoms with Crippen LogP contribution in [0.3, 0.4) is 0 Å². The van der Waals surface area contributed by atoms with Crippen LogP contribution in [0.5, 0.6) is 0 Å². The summed E-state index contributed by atoms with van der Waals surface area (Å²) < 4.78 is 65.1. The Bertz CT molecular complexity index is 548. The highest BCUT2D eigenvalue weighted by atomic mass is 32.2. The summed E-state index contributed by atoms with van der Waals surface area (Å²) in [5, 5.41) is 0. The van der Waals surface area contributed by atoms with Crippen LogP contribution >= 0.6 is 11.8 Å². The summed E-state index contributed by atoms with van der Waals surface area (Å²) >= 11 is 1.72. The lowest BCUT2D eigenvalue weighted by atomic mass is 10.2. The molecule has 0 spiro atoms. The van der Waals surface area contributed by atoms with Gasteiger partial charge < -0.3 is 0 Å². The summed E-state index contributed by atoms with van der Waals surface area (Å²) in [5.41, 5.74) is 0. The third kappa shape index (κ3) is 3.43. The molecule has 1 aliphatic heterocycles. The van der Waals surface area contributed by atoms with Crippen molar-refractivity contribution in [3.63, 3.8) is 0 Å². The van der Waals surface area contributed by atoms with Crippen molar-refractivity contribution < 1.29 is 21.6 Å². The summed E-state index contributed by atoms with van der Waals surface area (Å²) in [5.74, 6) is -3.04. The van der Waals surface area contributed by atoms with E-state index in [-0.39, 0.29) is 6.04 Å². The third-order valence-corrected chi connectivity index (χ3v) is 5.36. The van der Waals surface area contributed by atoms with Gasteiger partial charge in [-0.25, -0.2) is 26.3 Å². The Hall–Kier alpha value is -0.730. The lowest BCUT2D eigenvalue weighted by molar-refractivity contribution is 0.441. The van der Waals surface area contributed by atoms with Crippen LogP contribution in [0.25, 0.3) is 0 Å². The van der Waals surface area contributed by atoms with Crippen LogP contribution in [0.4, 0.5) is 13.2 Å². The van der Waals surface area contributed by atoms with E-state index in [9.17, 15) is 21.6 Å². The average molecular weight is 311 g/mol. The first kappa shape index (κ1) is 14.7. The van der Waals surface area contributed by atoms with Crippen LogP contribution in [0.1, 0.15) is 12.8 Å². The number of hydrogen-bond acceptors (Lipinski definition) is 3. The highest BCUT2D eigenvalue weighted by molar-refractivity contribution is 7.99. The van der Waals surface area contributed by atoms with E-state index in [1.165, 1.54) is 0 Å². The molecule has 0 bridgehead atoms. The van der Waals surface area contributed by atoms with Crippen molar-refractivity contribution in [3.8, 4) is 0 Å². The lowest BCUT2D eigenvalue weighted by Crippen LogP contribution is -2.37. The van der Waals surface area contributed by atoms with Crippen LogP contribution in [-0.2, 0) is 10.0 Å². The van der Waals surface area contributed by atoms with Crippen LogP contribution in [-0.4, -0.2) is 26.0 Å². The fourth-order valence-corrected chi connectivity index (χ4v) is 4.22. The number of benzene rings is 1. The molecule has 2 rings (SSSR count). The van der Waals surface area contributed by atoms with Gasteiger partial charge in [0.25, 0.3) is 0 Å². The van der Waals surface area contributed by atoms with Gasteiger partial charge in [0, 0.05) is 6.04 Å². The van der Waals surface area contributed by atoms with E-state index in [1.807, 2.05) is 0 Å². The Labute approximate surface area is 113 Å². The standard InChI is InChI=1S/C11H12F3NO2S2/c12-9-5-8(6-10(13)11(9)14)19(16,17)15-7-1-3-18-4-2-7/h5-7,15H,1-4H2. The molecule has 0 aromatic heterocycles. The number of rotatable bonds is 3. The van der Waals surface area contributed by atoms with Crippen molar-refractivity contribution in [1.82, 2.24) is 4.72 Å². The molecule has 1 fully saturated rings. The second kappa shape index (κ2) is 5.72. The van der Waals surface area contributed by atoms with Crippen molar-refractivity contribution in [2.24, 2.45) is 0 Å². The van der Waals surface area contributed by atoms with E-state index in [0.717, 1.165) is 11.5 Å². The molecule has 1 N–H and O–H groups in total. The monoisotopic (exact) mass is 311 g/mol. The minimum Gasteiger partial charge on any atom is -0.208 e. The number of nitrogens with one attached hydrogen (secondary N) is 1. The van der Waals surface area contributed by atoms with Crippen molar-refractivity contribution in [2.45, 2.75) is 23.8 Å². The molecular formula is C11H12F3NO2S2. The maximum atomic E-state index is 13.0. The van der Waals surface area contributed by atoms with Gasteiger partial charge in [-0.3, -0.25) is 0 Å². The first-order valence-electron chi connectivity index (χ1n) is 5.65. The molecule has 0 amide bonds. The Balaban J connectivity index is 2.24. The number of halogens is 3. The third-order valence-electron chi connectivity index (χ3n) is 2.81. The largest absolute Gasteiger partial charge is 0.241 e. The predicted octanol–water partition coefficient (Wildman–Crippen LogP) is 2.28. The molecule has 1 aromatic carbocycles. The number of hydrogen-bond donors (Lipinski definition) is 1. The SMILES string of the molecule is O=S(=O)(NC1CCSCC1)c1cc(F)c(F)c(F)c1. The molecule has 0 saturated carbocycles. The molecule has 3 nitrogen and oxygen atoms in total. The first-order chi connectivity index (χ1) is 8.90. The van der Waals surface area contributed by atoms with E-state index < -0.39 is 32.4 Å². The zero-order valence-corrected chi connectivity index (χ0v) is 11.5. The molecule has 0 aliphatic carbocycles. The Kier molecular flexibility index (Phi) is 4.42. The van der Waals surface area contributed by atoms with Crippen molar-refractivity contribution in [3.05, 3.63) is 29.6 Å². The van der Waals surface area contributed by atoms with Gasteiger partial charge in [0.2, 0.25) is 10.0 Å². The number of thioether (sulfide) groups is 1. The van der Waals surface area contributed by atoms with Crippen molar-refractivity contribution in [2.75, 3.05) is 11.5 Å². The zero-order chi connectivity index (χ0) is 14.0. The van der Waals surface area contributed by atoms with Crippen LogP contribution in [0.2, 0.25) is 0 Å². The quantitative estimate of drug-likeness (QED) is 0.871. The maximum Gasteiger partial charge on any atom is 0.241 e. The molecular weight excluding hydrogens is 299 g/mol. The van der Waals surface area contributed by atoms with Crippen molar-refractivity contribution >= 4 is 21.8 Å². The molecule has 1 heterocycles. The minimum atomic E-state index is -4.03. The van der Waals surface area contributed by atoms with Gasteiger partial charge >= 0.3 is 0 Å². The topological polar surface area (TPSA) is 46.2 Å². The molecule has 8 heteroatoms. The normalized spacial score (nSPS) is 17.6. The highest BCUT2D eigenvalue weighted by Crippen LogP contribution is 2.21. The number of sulfonamides is 1. The summed E-state index contributed by atoms with van der Waals surface area (Å²) in [6, 6.07) is 0.721. The lowest BCUT2D eigenvalue weighted by Gasteiger charge is -2.22. The van der Waals surface area contributed by atoms with Crippen LogP contribution in [0, 0.1) is 17.5 Å². The van der Waals surface area contributed by atoms with Gasteiger partial charge in [0.15, 0.2) is 17.5 Å². The zero-order valence-electron chi connectivity index (χ0n) is 9.83. The van der Waals surface area contributed by atoms with Crippen LogP contribution in [0.15, 0.2) is 17.0 Å². The van der Waals surface area contributed by atoms with Gasteiger partial charge in [-0.1, -0.05) is 0 Å². The molecule has 19 heavy (non-hydrogen) atoms. The molecule has 1 aliphatic rings. The summed E-state index contributed by atoms with van der Waals surface area (Å²) in [7, 11) is -4.03. The molecule has 106 valence electrons. The van der Waals surface area contributed by atoms with Crippen LogP contribution < -0.4 is 4.72 Å². The van der Waals surface area contributed by atoms with Gasteiger partial charge in [-0.15, -0.1) is 0 Å². The molecule has 0 radical (unpaired) electrons. The van der Waals surface area contributed by atoms with E-state index in [0.29, 0.717) is 25.0 Å². The van der Waals surface area contributed by atoms with E-state index in [1.54, 1.807) is 11.8 Å². The van der Waals surface area contributed by atoms with Gasteiger partial charge in [-0.05, 0) is 36.5 Å². The van der Waals surface area contributed by atoms with Gasteiger partial charge in [0.1, 0.15) is 0 Å². The Morgan fingerprint density at radius 2 is 1.63 bits per heavy atom. The smallest absolute Gasteiger partial charge is 0.208 e. The minimum absolute atomic E-state index is 0.248. The molecule has 1 aromatic rings. The summed E-state index contributed by atoms with van der Waals surface area (Å²) in [6.45, 7) is 0. The van der Waals surface area contributed by atoms with E-state index in [4.69, 9.17) is 0 Å². The average Bonchev–Trinajstić information content (AvgIpc) is 2.36. The second-order valence-electron chi connectivity index (χ2n) is 4.21. The summed E-state index contributed by atoms with van der Waals surface area (Å²) in [4.78, 5) is -0.595. The van der Waals surface area contributed by atoms with E-state index in [2.05, 4.69) is 4.72 Å². The summed E-state index contributed by atoms with van der Waals surface area (Å²) in [6.07, 6.45) is 1.33. The van der Waals surface area contributed by atoms with Gasteiger partial charge in [0.05, 0.1) is 4.90 Å². The van der Waals surface area contributed by atoms with Gasteiger partial charge in [-0.2, -0.15) is 11.8 Å². The Morgan fingerprint density at radius 3 is 2.16 bits per heavy atom. The molecule has 0 unspecified atom stereocenters. The van der Waals surface area contributed by atoms with E-state index >= 15 is 0 Å². The first-order valence-corrected chi connectivity index (χ1v) is 8.28. The second-order valence-corrected chi connectivity index (χ2v) is 7.15. The predicted molar refractivity (Wildman–Crippen MR) is 67.0 cm³/mol. The fourth-order valence-electron chi connectivity index (χ4n) is 1.79. The molecule has 1 saturated heterocycles. The molecule has 0 atom stereocenters. The highest BCUT2D eigenvalue weighted by Gasteiger charge is 2.24. The Morgan fingerprint density at radius 1 is 1.11 bits per heavy atom.